The first-order valence-electron chi connectivity index (χ1n) is 16.1. The lowest BCUT2D eigenvalue weighted by Gasteiger charge is -2.08. The fourth-order valence-corrected chi connectivity index (χ4v) is 5.72. The van der Waals surface area contributed by atoms with Gasteiger partial charge in [0.15, 0.2) is 23.6 Å². The van der Waals surface area contributed by atoms with Crippen LogP contribution in [0.4, 0.5) is 11.6 Å². The molecule has 12 nitrogen and oxygen atoms in total. The van der Waals surface area contributed by atoms with Gasteiger partial charge in [0.25, 0.3) is 0 Å². The van der Waals surface area contributed by atoms with E-state index in [1.165, 1.54) is 12.4 Å². The Morgan fingerprint density at radius 1 is 0.564 bits per heavy atom. The number of hydrogen-bond donors (Lipinski definition) is 5. The first-order chi connectivity index (χ1) is 26.5. The summed E-state index contributed by atoms with van der Waals surface area (Å²) < 4.78 is 0. The highest BCUT2D eigenvalue weighted by Crippen LogP contribution is 2.35. The third-order valence-electron chi connectivity index (χ3n) is 7.78. The van der Waals surface area contributed by atoms with Crippen molar-refractivity contribution in [1.82, 2.24) is 9.97 Å². The minimum Gasteiger partial charge on any atom is -0.478 e. The van der Waals surface area contributed by atoms with Crippen LogP contribution in [0.25, 0.3) is 43.8 Å². The summed E-state index contributed by atoms with van der Waals surface area (Å²) in [7, 11) is 0. The van der Waals surface area contributed by atoms with Crippen LogP contribution in [0.15, 0.2) is 138 Å². The van der Waals surface area contributed by atoms with Crippen molar-refractivity contribution >= 4 is 74.3 Å². The smallest absolute Gasteiger partial charge is 0.335 e. The predicted molar refractivity (Wildman–Crippen MR) is 218 cm³/mol. The number of carboxylic acids is 1. The molecule has 0 radical (unpaired) electrons. The Morgan fingerprint density at radius 3 is 1.35 bits per heavy atom. The van der Waals surface area contributed by atoms with Gasteiger partial charge in [-0.3, -0.25) is 0 Å². The number of pyridine rings is 2. The number of hydrogen-bond acceptors (Lipinski definition) is 7. The molecule has 0 saturated carbocycles. The van der Waals surface area contributed by atoms with Gasteiger partial charge in [-0.2, -0.15) is 20.5 Å². The first-order valence-corrected chi connectivity index (χ1v) is 16.9. The zero-order chi connectivity index (χ0) is 39.5. The highest BCUT2D eigenvalue weighted by molar-refractivity contribution is 6.36. The van der Waals surface area contributed by atoms with Gasteiger partial charge in [0.05, 0.1) is 38.9 Å². The molecule has 2 heterocycles. The van der Waals surface area contributed by atoms with Gasteiger partial charge < -0.3 is 28.0 Å². The van der Waals surface area contributed by atoms with Crippen LogP contribution in [0, 0.1) is 22.7 Å². The number of guanidine groups is 2. The highest BCUT2D eigenvalue weighted by Gasteiger charge is 2.10. The summed E-state index contributed by atoms with van der Waals surface area (Å²) in [5.41, 5.74) is 27.0. The largest absolute Gasteiger partial charge is 0.478 e. The quantitative estimate of drug-likeness (QED) is 0.0834. The summed E-state index contributed by atoms with van der Waals surface area (Å²) in [6.45, 7) is 0. The summed E-state index contributed by atoms with van der Waals surface area (Å²) in [6.07, 6.45) is 3.03. The van der Waals surface area contributed by atoms with Crippen molar-refractivity contribution in [3.63, 3.8) is 0 Å². The SMILES string of the molecule is N#Cc1cccc(-c2ccc3c(Cl)cnc(N=C(N)N)c3c2)c1.N#Cc1cccc(-c2ccc3c(Cl)cnc(N=C(N)N)c3c2)c1.O=C(O)c1ccccc1. The van der Waals surface area contributed by atoms with E-state index in [1.807, 2.05) is 72.8 Å². The second-order valence-electron chi connectivity index (χ2n) is 11.5. The van der Waals surface area contributed by atoms with Crippen LogP contribution >= 0.6 is 23.2 Å². The lowest BCUT2D eigenvalue weighted by Crippen LogP contribution is -2.22. The van der Waals surface area contributed by atoms with E-state index in [9.17, 15) is 4.79 Å². The molecule has 2 aromatic heterocycles. The van der Waals surface area contributed by atoms with Crippen LogP contribution in [0.5, 0.6) is 0 Å². The van der Waals surface area contributed by atoms with Crippen molar-refractivity contribution in [2.75, 3.05) is 0 Å². The number of carbonyl (C=O) groups is 1. The van der Waals surface area contributed by atoms with E-state index >= 15 is 0 Å². The lowest BCUT2D eigenvalue weighted by molar-refractivity contribution is 0.0697. The van der Waals surface area contributed by atoms with Crippen LogP contribution in [-0.2, 0) is 0 Å². The Kier molecular flexibility index (Phi) is 12.5. The Hall–Kier alpha value is -7.51. The summed E-state index contributed by atoms with van der Waals surface area (Å²) >= 11 is 12.4. The van der Waals surface area contributed by atoms with Crippen LogP contribution in [0.1, 0.15) is 21.5 Å². The van der Waals surface area contributed by atoms with Gasteiger partial charge >= 0.3 is 5.97 Å². The van der Waals surface area contributed by atoms with Crippen LogP contribution in [-0.4, -0.2) is 33.0 Å². The molecule has 55 heavy (non-hydrogen) atoms. The number of carboxylic acid groups (broad SMARTS) is 1. The molecule has 0 aliphatic carbocycles. The topological polar surface area (TPSA) is 239 Å². The van der Waals surface area contributed by atoms with Gasteiger partial charge in [-0.25, -0.2) is 14.8 Å². The summed E-state index contributed by atoms with van der Waals surface area (Å²) in [5, 5.41) is 30.6. The van der Waals surface area contributed by atoms with E-state index in [1.54, 1.807) is 42.5 Å². The molecule has 0 aliphatic heterocycles. The fraction of sp³-hybridized carbons (Fsp3) is 0. The Morgan fingerprint density at radius 2 is 0.982 bits per heavy atom. The molecule has 9 N–H and O–H groups in total. The zero-order valence-corrected chi connectivity index (χ0v) is 30.2. The van der Waals surface area contributed by atoms with E-state index < -0.39 is 5.97 Å². The number of rotatable bonds is 5. The van der Waals surface area contributed by atoms with Crippen LogP contribution in [0.2, 0.25) is 10.0 Å². The van der Waals surface area contributed by atoms with E-state index in [2.05, 4.69) is 32.1 Å². The number of halogens is 2. The lowest BCUT2D eigenvalue weighted by atomic mass is 10.0. The van der Waals surface area contributed by atoms with Gasteiger partial charge in [-0.1, -0.05) is 89.9 Å². The average molecular weight is 766 g/mol. The van der Waals surface area contributed by atoms with Crippen molar-refractivity contribution in [3.8, 4) is 34.4 Å². The second-order valence-corrected chi connectivity index (χ2v) is 12.3. The number of aromatic nitrogens is 2. The van der Waals surface area contributed by atoms with Gasteiger partial charge in [0, 0.05) is 33.9 Å². The summed E-state index contributed by atoms with van der Waals surface area (Å²) in [6, 6.07) is 38.7. The molecule has 0 atom stereocenters. The van der Waals surface area contributed by atoms with Crippen molar-refractivity contribution < 1.29 is 9.90 Å². The molecule has 0 unspecified atom stereocenters. The number of benzene rings is 5. The maximum atomic E-state index is 10.2. The Labute approximate surface area is 325 Å². The maximum absolute atomic E-state index is 10.2. The molecule has 0 bridgehead atoms. The first kappa shape index (κ1) is 38.7. The number of aromatic carboxylic acids is 1. The third kappa shape index (κ3) is 9.88. The van der Waals surface area contributed by atoms with Crippen molar-refractivity contribution in [2.45, 2.75) is 0 Å². The normalized spacial score (nSPS) is 10.0. The summed E-state index contributed by atoms with van der Waals surface area (Å²) in [4.78, 5) is 26.7. The van der Waals surface area contributed by atoms with Gasteiger partial charge in [0.2, 0.25) is 0 Å². The second kappa shape index (κ2) is 17.8. The van der Waals surface area contributed by atoms with Crippen molar-refractivity contribution in [1.29, 1.82) is 10.5 Å². The molecule has 7 rings (SSSR count). The summed E-state index contributed by atoms with van der Waals surface area (Å²) in [5.74, 6) is -0.211. The highest BCUT2D eigenvalue weighted by atomic mass is 35.5. The number of nitrogens with zero attached hydrogens (tertiary/aromatic N) is 6. The minimum atomic E-state index is -0.879. The number of nitriles is 2. The predicted octanol–water partition coefficient (Wildman–Crippen LogP) is 8.05. The van der Waals surface area contributed by atoms with Gasteiger partial charge in [0.1, 0.15) is 0 Å². The van der Waals surface area contributed by atoms with Crippen LogP contribution < -0.4 is 22.9 Å². The van der Waals surface area contributed by atoms with E-state index in [-0.39, 0.29) is 11.9 Å². The van der Waals surface area contributed by atoms with Gasteiger partial charge in [-0.15, -0.1) is 0 Å². The van der Waals surface area contributed by atoms with Crippen molar-refractivity contribution in [3.05, 3.63) is 154 Å². The van der Waals surface area contributed by atoms with E-state index in [0.29, 0.717) is 38.4 Å². The molecule has 0 amide bonds. The molecule has 270 valence electrons. The molecule has 0 fully saturated rings. The molecule has 14 heteroatoms. The Balaban J connectivity index is 0.000000173. The van der Waals surface area contributed by atoms with E-state index in [4.69, 9.17) is 61.8 Å². The fourth-order valence-electron chi connectivity index (χ4n) is 5.29. The molecular weight excluding hydrogens is 735 g/mol. The molecule has 0 saturated heterocycles. The monoisotopic (exact) mass is 764 g/mol. The molecular formula is C41H30Cl2N10O2. The molecule has 0 aliphatic rings. The number of nitrogens with two attached hydrogens (primary N) is 4. The van der Waals surface area contributed by atoms with E-state index in [0.717, 1.165) is 43.8 Å². The molecule has 5 aromatic carbocycles. The zero-order valence-electron chi connectivity index (χ0n) is 28.7. The Bertz CT molecular complexity index is 2520. The van der Waals surface area contributed by atoms with Crippen molar-refractivity contribution in [2.24, 2.45) is 32.9 Å². The van der Waals surface area contributed by atoms with Gasteiger partial charge in [-0.05, 0) is 70.8 Å². The third-order valence-corrected chi connectivity index (χ3v) is 8.38. The number of aliphatic imine (C=N–C) groups is 2. The standard InChI is InChI=1S/2C17H12ClN5.C7H6O2/c2*18-15-9-22-16(23-17(20)21)14-7-12(4-5-13(14)15)11-3-1-2-10(6-11)8-19;8-7(9)6-4-2-1-3-5-6/h2*1-7,9H,(H4,20,21,22,23);1-5H,(H,8,9). The number of fused-ring (bicyclic) bond motifs is 2. The van der Waals surface area contributed by atoms with Crippen LogP contribution in [0.3, 0.4) is 0 Å². The average Bonchev–Trinajstić information content (AvgIpc) is 3.20. The molecule has 7 aromatic rings. The maximum Gasteiger partial charge on any atom is 0.335 e. The molecule has 0 spiro atoms. The minimum absolute atomic E-state index is 0.0713.